The summed E-state index contributed by atoms with van der Waals surface area (Å²) in [7, 11) is 0. The summed E-state index contributed by atoms with van der Waals surface area (Å²) >= 11 is 0. The summed E-state index contributed by atoms with van der Waals surface area (Å²) in [5, 5.41) is 4.74. The van der Waals surface area contributed by atoms with Crippen molar-refractivity contribution in [1.29, 1.82) is 0 Å². The molecule has 0 N–H and O–H groups in total. The molecule has 2 aliphatic heterocycles. The summed E-state index contributed by atoms with van der Waals surface area (Å²) in [6.07, 6.45) is 0. The van der Waals surface area contributed by atoms with Crippen LogP contribution in [0.2, 0.25) is 0 Å². The summed E-state index contributed by atoms with van der Waals surface area (Å²) in [4.78, 5) is 4.72. The number of nitrogens with zero attached hydrogens (tertiary/aromatic N) is 2. The molecule has 0 spiro atoms. The van der Waals surface area contributed by atoms with Crippen LogP contribution in [0.1, 0.15) is 51.3 Å². The van der Waals surface area contributed by atoms with E-state index >= 15 is 0 Å². The van der Waals surface area contributed by atoms with E-state index in [4.69, 9.17) is 9.47 Å². The van der Waals surface area contributed by atoms with Crippen LogP contribution in [0.15, 0.2) is 200 Å². The molecule has 0 unspecified atom stereocenters. The Morgan fingerprint density at radius 2 is 0.791 bits per heavy atom. The summed E-state index contributed by atoms with van der Waals surface area (Å²) in [6.45, 7) is 11.6. The lowest BCUT2D eigenvalue weighted by molar-refractivity contribution is 0.477. The molecule has 0 saturated carbocycles. The van der Waals surface area contributed by atoms with Gasteiger partial charge in [-0.25, -0.2) is 0 Å². The number of ether oxygens (including phenoxy) is 2. The molecule has 4 nitrogen and oxygen atoms in total. The van der Waals surface area contributed by atoms with Crippen molar-refractivity contribution in [2.75, 3.05) is 9.80 Å². The van der Waals surface area contributed by atoms with Gasteiger partial charge in [0.1, 0.15) is 0 Å². The monoisotopic (exact) mass is 864 g/mol. The maximum atomic E-state index is 6.52. The standard InChI is InChI=1S/C63H48N2O2/c1-62(2,3)41-29-26-39(27-30-41)60-46-34-31-43(65-54-20-10-14-24-58(54)67-59-25-15-11-21-55(59)65)38-49(46)61(40-28-33-45-44-16-6-7-17-50(44)63(4,5)51(45)36-40)47-35-32-42(37-48(47)60)64-52-18-8-12-22-56(52)66-57-23-13-9-19-53(57)64/h6-38H,1-5H3. The molecule has 10 aromatic rings. The zero-order valence-corrected chi connectivity index (χ0v) is 38.3. The Labute approximate surface area is 391 Å². The molecule has 0 aromatic heterocycles. The van der Waals surface area contributed by atoms with Crippen molar-refractivity contribution in [2.45, 2.75) is 45.4 Å². The van der Waals surface area contributed by atoms with E-state index in [1.165, 1.54) is 71.6 Å². The number of fused-ring (bicyclic) bond motifs is 9. The van der Waals surface area contributed by atoms with Crippen LogP contribution in [0.4, 0.5) is 34.1 Å². The van der Waals surface area contributed by atoms with Crippen LogP contribution < -0.4 is 19.3 Å². The fourth-order valence-corrected chi connectivity index (χ4v) is 11.1. The Morgan fingerprint density at radius 3 is 1.28 bits per heavy atom. The third-order valence-electron chi connectivity index (χ3n) is 14.4. The van der Waals surface area contributed by atoms with Gasteiger partial charge in [-0.05, 0) is 156 Å². The second kappa shape index (κ2) is 14.5. The normalized spacial score (nSPS) is 14.0. The summed E-state index contributed by atoms with van der Waals surface area (Å²) < 4.78 is 13.0. The topological polar surface area (TPSA) is 24.9 Å². The molecule has 322 valence electrons. The molecular weight excluding hydrogens is 817 g/mol. The maximum absolute atomic E-state index is 6.52. The molecule has 10 aromatic carbocycles. The van der Waals surface area contributed by atoms with Gasteiger partial charge in [-0.2, -0.15) is 0 Å². The second-order valence-corrected chi connectivity index (χ2v) is 19.7. The van der Waals surface area contributed by atoms with Crippen LogP contribution in [0, 0.1) is 0 Å². The largest absolute Gasteiger partial charge is 0.453 e. The molecule has 0 atom stereocenters. The zero-order chi connectivity index (χ0) is 45.2. The number of rotatable bonds is 4. The molecule has 0 bridgehead atoms. The van der Waals surface area contributed by atoms with Crippen LogP contribution in [0.25, 0.3) is 54.9 Å². The van der Waals surface area contributed by atoms with E-state index in [1.807, 2.05) is 24.3 Å². The first-order valence-electron chi connectivity index (χ1n) is 23.3. The molecule has 67 heavy (non-hydrogen) atoms. The predicted octanol–water partition coefficient (Wildman–Crippen LogP) is 18.1. The first kappa shape index (κ1) is 39.3. The third-order valence-corrected chi connectivity index (χ3v) is 14.4. The molecular formula is C63H48N2O2. The van der Waals surface area contributed by atoms with Crippen LogP contribution in [0.3, 0.4) is 0 Å². The minimum atomic E-state index is -0.168. The molecule has 0 saturated heterocycles. The fraction of sp³-hybridized carbons (Fsp3) is 0.111. The fourth-order valence-electron chi connectivity index (χ4n) is 11.1. The molecule has 0 radical (unpaired) electrons. The van der Waals surface area contributed by atoms with Gasteiger partial charge >= 0.3 is 0 Å². The quantitative estimate of drug-likeness (QED) is 0.165. The third kappa shape index (κ3) is 5.99. The van der Waals surface area contributed by atoms with Gasteiger partial charge < -0.3 is 19.3 Å². The number of anilines is 6. The van der Waals surface area contributed by atoms with Gasteiger partial charge in [0.2, 0.25) is 0 Å². The number of para-hydroxylation sites is 8. The van der Waals surface area contributed by atoms with E-state index in [0.29, 0.717) is 0 Å². The SMILES string of the molecule is CC(C)(C)c1ccc(-c2c3ccc(N4c5ccccc5Oc5ccccc54)cc3c(-c3ccc4c(c3)C(C)(C)c3ccccc3-4)c3ccc(N4c5ccccc5Oc5ccccc54)cc23)cc1. The molecule has 3 aliphatic rings. The summed E-state index contributed by atoms with van der Waals surface area (Å²) in [5.41, 5.74) is 17.4. The minimum Gasteiger partial charge on any atom is -0.453 e. The van der Waals surface area contributed by atoms with Gasteiger partial charge in [0.25, 0.3) is 0 Å². The van der Waals surface area contributed by atoms with E-state index in [0.717, 1.165) is 57.1 Å². The van der Waals surface area contributed by atoms with Gasteiger partial charge in [-0.1, -0.05) is 156 Å². The Morgan fingerprint density at radius 1 is 0.373 bits per heavy atom. The van der Waals surface area contributed by atoms with Crippen LogP contribution in [-0.2, 0) is 10.8 Å². The first-order valence-corrected chi connectivity index (χ1v) is 23.3. The Hall–Kier alpha value is -8.08. The van der Waals surface area contributed by atoms with Gasteiger partial charge in [-0.3, -0.25) is 0 Å². The smallest absolute Gasteiger partial charge is 0.151 e. The van der Waals surface area contributed by atoms with Crippen LogP contribution in [0.5, 0.6) is 23.0 Å². The van der Waals surface area contributed by atoms with Crippen LogP contribution >= 0.6 is 0 Å². The van der Waals surface area contributed by atoms with E-state index in [9.17, 15) is 0 Å². The Balaban J connectivity index is 1.14. The van der Waals surface area contributed by atoms with Crippen molar-refractivity contribution < 1.29 is 9.47 Å². The molecule has 0 amide bonds. The van der Waals surface area contributed by atoms with Crippen LogP contribution in [-0.4, -0.2) is 0 Å². The number of hydrogen-bond acceptors (Lipinski definition) is 4. The van der Waals surface area contributed by atoms with Crippen molar-refractivity contribution in [3.05, 3.63) is 217 Å². The second-order valence-electron chi connectivity index (χ2n) is 19.7. The molecule has 1 aliphatic carbocycles. The average molecular weight is 865 g/mol. The average Bonchev–Trinajstić information content (AvgIpc) is 3.58. The van der Waals surface area contributed by atoms with Crippen molar-refractivity contribution in [1.82, 2.24) is 0 Å². The van der Waals surface area contributed by atoms with Crippen molar-refractivity contribution in [3.8, 4) is 56.4 Å². The van der Waals surface area contributed by atoms with Gasteiger partial charge in [0.05, 0.1) is 22.7 Å². The Kier molecular flexibility index (Phi) is 8.48. The highest BCUT2D eigenvalue weighted by molar-refractivity contribution is 6.23. The first-order chi connectivity index (χ1) is 32.6. The lowest BCUT2D eigenvalue weighted by atomic mass is 9.80. The van der Waals surface area contributed by atoms with Gasteiger partial charge in [0, 0.05) is 16.8 Å². The number of hydrogen-bond donors (Lipinski definition) is 0. The van der Waals surface area contributed by atoms with E-state index in [1.54, 1.807) is 0 Å². The van der Waals surface area contributed by atoms with E-state index < -0.39 is 0 Å². The summed E-state index contributed by atoms with van der Waals surface area (Å²) in [5.74, 6) is 3.33. The predicted molar refractivity (Wildman–Crippen MR) is 278 cm³/mol. The van der Waals surface area contributed by atoms with Gasteiger partial charge in [0.15, 0.2) is 23.0 Å². The van der Waals surface area contributed by atoms with Crippen molar-refractivity contribution in [3.63, 3.8) is 0 Å². The molecule has 13 rings (SSSR count). The zero-order valence-electron chi connectivity index (χ0n) is 38.3. The summed E-state index contributed by atoms with van der Waals surface area (Å²) in [6, 6.07) is 73.0. The van der Waals surface area contributed by atoms with Crippen molar-refractivity contribution in [2.24, 2.45) is 0 Å². The highest BCUT2D eigenvalue weighted by atomic mass is 16.5. The van der Waals surface area contributed by atoms with E-state index in [2.05, 4.69) is 220 Å². The Bertz CT molecular complexity index is 3580. The van der Waals surface area contributed by atoms with Gasteiger partial charge in [-0.15, -0.1) is 0 Å². The highest BCUT2D eigenvalue weighted by Crippen LogP contribution is 2.56. The lowest BCUT2D eigenvalue weighted by Crippen LogP contribution is -2.16. The molecule has 0 fully saturated rings. The number of benzene rings is 10. The molecule has 2 heterocycles. The highest BCUT2D eigenvalue weighted by Gasteiger charge is 2.36. The molecule has 4 heteroatoms. The maximum Gasteiger partial charge on any atom is 0.151 e. The van der Waals surface area contributed by atoms with Crippen molar-refractivity contribution >= 4 is 55.7 Å². The lowest BCUT2D eigenvalue weighted by Gasteiger charge is -2.33. The van der Waals surface area contributed by atoms with E-state index in [-0.39, 0.29) is 10.8 Å². The minimum absolute atomic E-state index is 0.0114.